The van der Waals surface area contributed by atoms with Crippen molar-refractivity contribution in [3.05, 3.63) is 53.1 Å². The number of methoxy groups -OCH3 is 2. The van der Waals surface area contributed by atoms with Gasteiger partial charge in [-0.05, 0) is 42.8 Å². The third-order valence-corrected chi connectivity index (χ3v) is 3.16. The number of nitrogens with two attached hydrogens (primary N) is 1. The Kier molecular flexibility index (Phi) is 3.94. The van der Waals surface area contributed by atoms with Gasteiger partial charge in [0.1, 0.15) is 11.5 Å². The van der Waals surface area contributed by atoms with E-state index in [1.807, 2.05) is 13.0 Å². The Hall–Kier alpha value is -2.49. The fourth-order valence-electron chi connectivity index (χ4n) is 2.02. The second kappa shape index (κ2) is 5.65. The third kappa shape index (κ3) is 2.59. The average Bonchev–Trinajstić information content (AvgIpc) is 2.48. The number of ether oxygens (including phenoxy) is 2. The van der Waals surface area contributed by atoms with Crippen LogP contribution in [0.1, 0.15) is 21.5 Å². The van der Waals surface area contributed by atoms with Gasteiger partial charge in [-0.2, -0.15) is 0 Å². The summed E-state index contributed by atoms with van der Waals surface area (Å²) in [6, 6.07) is 10.4. The molecule has 4 heteroatoms. The highest BCUT2D eigenvalue weighted by Gasteiger charge is 2.17. The summed E-state index contributed by atoms with van der Waals surface area (Å²) in [6.07, 6.45) is 0. The topological polar surface area (TPSA) is 61.5 Å². The number of aryl methyl sites for hydroxylation is 1. The minimum atomic E-state index is -0.134. The van der Waals surface area contributed by atoms with E-state index in [-0.39, 0.29) is 5.78 Å². The van der Waals surface area contributed by atoms with Gasteiger partial charge in [0, 0.05) is 11.3 Å². The maximum absolute atomic E-state index is 12.7. The van der Waals surface area contributed by atoms with Gasteiger partial charge in [0.2, 0.25) is 0 Å². The van der Waals surface area contributed by atoms with E-state index in [0.717, 1.165) is 5.56 Å². The van der Waals surface area contributed by atoms with Crippen LogP contribution in [0, 0.1) is 6.92 Å². The number of carbonyl (C=O) groups is 1. The Morgan fingerprint density at radius 1 is 1.00 bits per heavy atom. The van der Waals surface area contributed by atoms with E-state index < -0.39 is 0 Å². The van der Waals surface area contributed by atoms with Gasteiger partial charge in [-0.25, -0.2) is 0 Å². The molecule has 0 saturated carbocycles. The molecular formula is C16H17NO3. The van der Waals surface area contributed by atoms with Crippen molar-refractivity contribution in [3.8, 4) is 11.5 Å². The first-order valence-corrected chi connectivity index (χ1v) is 6.19. The zero-order valence-corrected chi connectivity index (χ0v) is 11.8. The lowest BCUT2D eigenvalue weighted by Crippen LogP contribution is -2.07. The smallest absolute Gasteiger partial charge is 0.197 e. The molecule has 2 aromatic rings. The molecule has 0 aromatic heterocycles. The van der Waals surface area contributed by atoms with Crippen molar-refractivity contribution in [2.75, 3.05) is 20.0 Å². The number of nitrogen functional groups attached to an aromatic ring is 1. The average molecular weight is 271 g/mol. The summed E-state index contributed by atoms with van der Waals surface area (Å²) in [5.41, 5.74) is 8.21. The molecule has 0 saturated heterocycles. The summed E-state index contributed by atoms with van der Waals surface area (Å²) in [5.74, 6) is 0.985. The molecule has 0 bridgehead atoms. The molecule has 104 valence electrons. The first kappa shape index (κ1) is 13.9. The monoisotopic (exact) mass is 271 g/mol. The van der Waals surface area contributed by atoms with Gasteiger partial charge in [0.25, 0.3) is 0 Å². The van der Waals surface area contributed by atoms with Gasteiger partial charge < -0.3 is 15.2 Å². The number of hydrogen-bond acceptors (Lipinski definition) is 4. The Balaban J connectivity index is 2.54. The summed E-state index contributed by atoms with van der Waals surface area (Å²) in [4.78, 5) is 12.7. The molecule has 0 fully saturated rings. The van der Waals surface area contributed by atoms with Gasteiger partial charge in [0.05, 0.1) is 19.8 Å². The van der Waals surface area contributed by atoms with Crippen molar-refractivity contribution in [1.29, 1.82) is 0 Å². The highest BCUT2D eigenvalue weighted by atomic mass is 16.5. The highest BCUT2D eigenvalue weighted by molar-refractivity contribution is 6.12. The van der Waals surface area contributed by atoms with Crippen LogP contribution in [0.3, 0.4) is 0 Å². The maximum atomic E-state index is 12.7. The quantitative estimate of drug-likeness (QED) is 0.686. The first-order valence-electron chi connectivity index (χ1n) is 6.19. The van der Waals surface area contributed by atoms with Crippen LogP contribution in [0.15, 0.2) is 36.4 Å². The predicted molar refractivity (Wildman–Crippen MR) is 78.6 cm³/mol. The number of carbonyl (C=O) groups excluding carboxylic acids is 1. The van der Waals surface area contributed by atoms with Crippen molar-refractivity contribution in [1.82, 2.24) is 0 Å². The van der Waals surface area contributed by atoms with Gasteiger partial charge in [0.15, 0.2) is 5.78 Å². The van der Waals surface area contributed by atoms with Gasteiger partial charge in [-0.1, -0.05) is 6.07 Å². The fraction of sp³-hybridized carbons (Fsp3) is 0.188. The number of hydrogen-bond donors (Lipinski definition) is 1. The predicted octanol–water partition coefficient (Wildman–Crippen LogP) is 2.83. The van der Waals surface area contributed by atoms with Crippen LogP contribution in [-0.4, -0.2) is 20.0 Å². The Morgan fingerprint density at radius 3 is 2.40 bits per heavy atom. The van der Waals surface area contributed by atoms with E-state index in [2.05, 4.69) is 0 Å². The standard InChI is InChI=1S/C16H17NO3/c1-10-4-5-11(17)8-13(10)16(18)14-9-12(19-2)6-7-15(14)20-3/h4-9H,17H2,1-3H3. The normalized spacial score (nSPS) is 10.2. The molecule has 0 aliphatic rings. The molecule has 4 nitrogen and oxygen atoms in total. The summed E-state index contributed by atoms with van der Waals surface area (Å²) < 4.78 is 10.4. The van der Waals surface area contributed by atoms with Crippen molar-refractivity contribution in [2.45, 2.75) is 6.92 Å². The molecule has 0 radical (unpaired) electrons. The lowest BCUT2D eigenvalue weighted by molar-refractivity contribution is 0.103. The van der Waals surface area contributed by atoms with E-state index in [9.17, 15) is 4.79 Å². The Morgan fingerprint density at radius 2 is 1.75 bits per heavy atom. The zero-order chi connectivity index (χ0) is 14.7. The molecule has 0 atom stereocenters. The highest BCUT2D eigenvalue weighted by Crippen LogP contribution is 2.27. The minimum Gasteiger partial charge on any atom is -0.497 e. The van der Waals surface area contributed by atoms with E-state index in [1.165, 1.54) is 7.11 Å². The van der Waals surface area contributed by atoms with Crippen molar-refractivity contribution in [3.63, 3.8) is 0 Å². The molecule has 20 heavy (non-hydrogen) atoms. The summed E-state index contributed by atoms with van der Waals surface area (Å²) in [7, 11) is 3.09. The van der Waals surface area contributed by atoms with Crippen molar-refractivity contribution >= 4 is 11.5 Å². The van der Waals surface area contributed by atoms with Crippen molar-refractivity contribution in [2.24, 2.45) is 0 Å². The van der Waals surface area contributed by atoms with Crippen LogP contribution in [-0.2, 0) is 0 Å². The number of benzene rings is 2. The lowest BCUT2D eigenvalue weighted by atomic mass is 9.97. The van der Waals surface area contributed by atoms with Crippen LogP contribution in [0.5, 0.6) is 11.5 Å². The molecule has 0 unspecified atom stereocenters. The molecule has 0 spiro atoms. The van der Waals surface area contributed by atoms with Crippen molar-refractivity contribution < 1.29 is 14.3 Å². The van der Waals surface area contributed by atoms with E-state index in [0.29, 0.717) is 28.3 Å². The number of anilines is 1. The maximum Gasteiger partial charge on any atom is 0.197 e. The summed E-state index contributed by atoms with van der Waals surface area (Å²) in [5, 5.41) is 0. The summed E-state index contributed by atoms with van der Waals surface area (Å²) >= 11 is 0. The Bertz CT molecular complexity index is 650. The molecule has 0 heterocycles. The van der Waals surface area contributed by atoms with Gasteiger partial charge in [-0.15, -0.1) is 0 Å². The molecule has 2 N–H and O–H groups in total. The number of ketones is 1. The fourth-order valence-corrected chi connectivity index (χ4v) is 2.02. The second-order valence-corrected chi connectivity index (χ2v) is 4.47. The molecule has 0 amide bonds. The van der Waals surface area contributed by atoms with Crippen LogP contribution in [0.4, 0.5) is 5.69 Å². The molecular weight excluding hydrogens is 254 g/mol. The molecule has 2 aromatic carbocycles. The third-order valence-electron chi connectivity index (χ3n) is 3.16. The molecule has 0 aliphatic heterocycles. The van der Waals surface area contributed by atoms with Crippen LogP contribution in [0.25, 0.3) is 0 Å². The Labute approximate surface area is 118 Å². The summed E-state index contributed by atoms with van der Waals surface area (Å²) in [6.45, 7) is 1.87. The van der Waals surface area contributed by atoms with Crippen LogP contribution < -0.4 is 15.2 Å². The van der Waals surface area contributed by atoms with E-state index in [1.54, 1.807) is 37.4 Å². The largest absolute Gasteiger partial charge is 0.497 e. The SMILES string of the molecule is COc1ccc(OC)c(C(=O)c2cc(N)ccc2C)c1. The molecule has 2 rings (SSSR count). The second-order valence-electron chi connectivity index (χ2n) is 4.47. The molecule has 0 aliphatic carbocycles. The number of rotatable bonds is 4. The first-order chi connectivity index (χ1) is 9.56. The van der Waals surface area contributed by atoms with E-state index >= 15 is 0 Å². The van der Waals surface area contributed by atoms with Crippen LogP contribution in [0.2, 0.25) is 0 Å². The van der Waals surface area contributed by atoms with Crippen LogP contribution >= 0.6 is 0 Å². The zero-order valence-electron chi connectivity index (χ0n) is 11.8. The minimum absolute atomic E-state index is 0.134. The van der Waals surface area contributed by atoms with E-state index in [4.69, 9.17) is 15.2 Å². The van der Waals surface area contributed by atoms with Gasteiger partial charge in [-0.3, -0.25) is 4.79 Å². The van der Waals surface area contributed by atoms with Gasteiger partial charge >= 0.3 is 0 Å². The lowest BCUT2D eigenvalue weighted by Gasteiger charge is -2.11.